The van der Waals surface area contributed by atoms with Crippen molar-refractivity contribution in [2.45, 2.75) is 0 Å². The van der Waals surface area contributed by atoms with Crippen LogP contribution in [0.4, 0.5) is 0 Å². The molecular weight excluding hydrogens is 109 g/mol. The van der Waals surface area contributed by atoms with Gasteiger partial charge in [0.15, 0.2) is 0 Å². The average Bonchev–Trinajstić information content (AvgIpc) is 1.88. The summed E-state index contributed by atoms with van der Waals surface area (Å²) in [7, 11) is 0. The van der Waals surface area contributed by atoms with E-state index in [9.17, 15) is 0 Å². The van der Waals surface area contributed by atoms with Crippen LogP contribution in [0.5, 0.6) is 0 Å². The van der Waals surface area contributed by atoms with E-state index in [4.69, 9.17) is 11.5 Å². The van der Waals surface area contributed by atoms with Crippen molar-refractivity contribution in [3.63, 3.8) is 0 Å². The fraction of sp³-hybridized carbons (Fsp3) is 0.333. The van der Waals surface area contributed by atoms with Gasteiger partial charge in [-0.15, -0.1) is 38.4 Å². The van der Waals surface area contributed by atoms with E-state index in [2.05, 4.69) is 13.2 Å². The number of nitrogens with one attached hydrogen (secondary N) is 2. The van der Waals surface area contributed by atoms with Crippen molar-refractivity contribution in [3.8, 4) is 0 Å². The summed E-state index contributed by atoms with van der Waals surface area (Å²) in [6.07, 6.45) is 3.08. The Bertz CT molecular complexity index is 47.0. The smallest absolute Gasteiger partial charge is 0.674 e. The van der Waals surface area contributed by atoms with E-state index >= 15 is 0 Å². The van der Waals surface area contributed by atoms with Gasteiger partial charge in [-0.3, -0.25) is 0 Å². The van der Waals surface area contributed by atoms with Gasteiger partial charge < -0.3 is 11.5 Å². The first kappa shape index (κ1) is 15.8. The van der Waals surface area contributed by atoms with Crippen molar-refractivity contribution in [1.29, 1.82) is 0 Å². The summed E-state index contributed by atoms with van der Waals surface area (Å²) < 4.78 is 0. The first-order valence-electron chi connectivity index (χ1n) is 2.34. The van der Waals surface area contributed by atoms with Gasteiger partial charge in [-0.2, -0.15) is 0 Å². The maximum Gasteiger partial charge on any atom is 2.00 e. The molecule has 0 aliphatic carbocycles. The van der Waals surface area contributed by atoms with Crippen LogP contribution in [0.1, 0.15) is 0 Å². The van der Waals surface area contributed by atoms with Crippen LogP contribution < -0.4 is 0 Å². The molecule has 0 amide bonds. The predicted molar refractivity (Wildman–Crippen MR) is 44.5 cm³/mol. The maximum atomic E-state index is 6.33. The number of hydrogen-bond acceptors (Lipinski definition) is 0. The maximum absolute atomic E-state index is 6.33. The van der Waals surface area contributed by atoms with E-state index in [0.29, 0.717) is 13.1 Å². The fourth-order valence-electron chi connectivity index (χ4n) is 0. The van der Waals surface area contributed by atoms with Crippen LogP contribution in [0.25, 0.3) is 11.5 Å². The van der Waals surface area contributed by atoms with E-state index in [-0.39, 0.29) is 10.1 Å². The van der Waals surface area contributed by atoms with Crippen molar-refractivity contribution in [3.05, 3.63) is 36.8 Å². The summed E-state index contributed by atoms with van der Waals surface area (Å²) in [5.41, 5.74) is 12.7. The van der Waals surface area contributed by atoms with Gasteiger partial charge in [0.1, 0.15) is 0 Å². The van der Waals surface area contributed by atoms with Crippen LogP contribution in [0, 0.1) is 0 Å². The minimum atomic E-state index is 0. The Morgan fingerprint density at radius 2 is 1.11 bits per heavy atom. The Labute approximate surface area is 60.8 Å². The Morgan fingerprint density at radius 3 is 1.11 bits per heavy atom. The van der Waals surface area contributed by atoms with Gasteiger partial charge in [-0.25, -0.2) is 0 Å². The summed E-state index contributed by atoms with van der Waals surface area (Å²) in [5, 5.41) is 0. The van der Waals surface area contributed by atoms with Gasteiger partial charge >= 0.3 is 10.1 Å². The summed E-state index contributed by atoms with van der Waals surface area (Å²) in [6.45, 7) is 7.25. The molecule has 0 bridgehead atoms. The van der Waals surface area contributed by atoms with Gasteiger partial charge in [-0.1, -0.05) is 0 Å². The Kier molecular flexibility index (Phi) is 45.1. The largest absolute Gasteiger partial charge is 2.00 e. The van der Waals surface area contributed by atoms with Crippen molar-refractivity contribution < 1.29 is 0 Å². The second-order valence-corrected chi connectivity index (χ2v) is 0.986. The summed E-state index contributed by atoms with van der Waals surface area (Å²) in [5.74, 6) is 0. The van der Waals surface area contributed by atoms with Crippen molar-refractivity contribution in [2.75, 3.05) is 13.1 Å². The van der Waals surface area contributed by atoms with Crippen molar-refractivity contribution in [2.24, 2.45) is 0 Å². The van der Waals surface area contributed by atoms with Crippen LogP contribution in [-0.4, -0.2) is 23.2 Å². The van der Waals surface area contributed by atoms with E-state index in [0.717, 1.165) is 0 Å². The van der Waals surface area contributed by atoms with Crippen molar-refractivity contribution >= 4 is 10.1 Å². The molecule has 0 spiro atoms. The molecule has 0 fully saturated rings. The molecule has 2 nitrogen and oxygen atoms in total. The van der Waals surface area contributed by atoms with Gasteiger partial charge in [0, 0.05) is 0 Å². The molecule has 0 aliphatic heterocycles. The zero-order valence-corrected chi connectivity index (χ0v) is 5.69. The van der Waals surface area contributed by atoms with E-state index in [1.54, 1.807) is 12.2 Å². The molecule has 9 heavy (non-hydrogen) atoms. The topological polar surface area (TPSA) is 47.6 Å². The third-order valence-electron chi connectivity index (χ3n) is 0.289. The quantitative estimate of drug-likeness (QED) is 0.396. The van der Waals surface area contributed by atoms with Crippen molar-refractivity contribution in [1.82, 2.24) is 0 Å². The molecule has 0 aromatic rings. The molecule has 0 rings (SSSR count). The van der Waals surface area contributed by atoms with Crippen LogP contribution >= 0.6 is 0 Å². The molecule has 0 saturated heterocycles. The molecule has 0 aliphatic rings. The second-order valence-electron chi connectivity index (χ2n) is 0.986. The molecule has 3 heteroatoms. The Morgan fingerprint density at radius 1 is 1.00 bits per heavy atom. The van der Waals surface area contributed by atoms with E-state index < -0.39 is 0 Å². The van der Waals surface area contributed by atoms with Gasteiger partial charge in [0.05, 0.1) is 0 Å². The molecule has 0 aromatic heterocycles. The number of hydrogen-bond donors (Lipinski definition) is 0. The minimum absolute atomic E-state index is 0. The summed E-state index contributed by atoms with van der Waals surface area (Å²) >= 11 is 0. The zero-order chi connectivity index (χ0) is 6.83. The van der Waals surface area contributed by atoms with Gasteiger partial charge in [-0.05, 0) is 0 Å². The zero-order valence-electron chi connectivity index (χ0n) is 5.69. The molecule has 0 unspecified atom stereocenters. The Hall–Kier alpha value is -0.431. The normalized spacial score (nSPS) is 5.56. The van der Waals surface area contributed by atoms with E-state index in [1.165, 1.54) is 0 Å². The molecular formula is C6H12BeN2. The summed E-state index contributed by atoms with van der Waals surface area (Å²) in [4.78, 5) is 0. The van der Waals surface area contributed by atoms with Crippen LogP contribution in [-0.2, 0) is 0 Å². The molecule has 0 aromatic carbocycles. The SMILES string of the molecule is C=CC[NH-].C=CC[NH-].[Be+2]. The fourth-order valence-corrected chi connectivity index (χ4v) is 0. The monoisotopic (exact) mass is 121 g/mol. The first-order valence-corrected chi connectivity index (χ1v) is 2.34. The molecule has 48 valence electrons. The second kappa shape index (κ2) is 25.6. The first-order chi connectivity index (χ1) is 3.83. The van der Waals surface area contributed by atoms with Crippen LogP contribution in [0.15, 0.2) is 25.3 Å². The standard InChI is InChI=1S/2C3H6N.Be/c2*1-2-3-4;/h2*2,4H,1,3H2;/q2*-1;+2. The molecule has 0 radical (unpaired) electrons. The van der Waals surface area contributed by atoms with Crippen LogP contribution in [0.2, 0.25) is 0 Å². The molecule has 0 atom stereocenters. The average molecular weight is 121 g/mol. The van der Waals surface area contributed by atoms with Crippen LogP contribution in [0.3, 0.4) is 0 Å². The third kappa shape index (κ3) is 95.4. The van der Waals surface area contributed by atoms with Gasteiger partial charge in [0.2, 0.25) is 0 Å². The van der Waals surface area contributed by atoms with Gasteiger partial charge in [0.25, 0.3) is 0 Å². The Balaban J connectivity index is -0.0000000720. The molecule has 0 saturated carbocycles. The predicted octanol–water partition coefficient (Wildman–Crippen LogP) is 2.07. The molecule has 0 heterocycles. The minimum Gasteiger partial charge on any atom is -0.674 e. The van der Waals surface area contributed by atoms with E-state index in [1.807, 2.05) is 0 Å². The number of rotatable bonds is 2. The molecule has 2 N–H and O–H groups in total. The third-order valence-corrected chi connectivity index (χ3v) is 0.289. The summed E-state index contributed by atoms with van der Waals surface area (Å²) in [6, 6.07) is 0.